The van der Waals surface area contributed by atoms with Crippen LogP contribution in [0.3, 0.4) is 0 Å². The molecule has 29 heavy (non-hydrogen) atoms. The van der Waals surface area contributed by atoms with Gasteiger partial charge in [0.2, 0.25) is 9.84 Å². The molecule has 1 unspecified atom stereocenters. The van der Waals surface area contributed by atoms with Gasteiger partial charge in [-0.3, -0.25) is 9.69 Å². The average molecular weight is 424 g/mol. The third-order valence-corrected chi connectivity index (χ3v) is 6.13. The van der Waals surface area contributed by atoms with Crippen LogP contribution in [0.1, 0.15) is 22.0 Å². The van der Waals surface area contributed by atoms with Crippen molar-refractivity contribution in [3.8, 4) is 0 Å². The third-order valence-electron chi connectivity index (χ3n) is 4.73. The van der Waals surface area contributed by atoms with E-state index >= 15 is 0 Å². The van der Waals surface area contributed by atoms with E-state index in [0.717, 1.165) is 30.8 Å². The maximum atomic E-state index is 12.7. The number of hydrogen-bond acceptors (Lipinski definition) is 5. The average Bonchev–Trinajstić information content (AvgIpc) is 2.74. The number of halogens is 2. The summed E-state index contributed by atoms with van der Waals surface area (Å²) in [6, 6.07) is 13.7. The Hall–Kier alpha value is -2.36. The highest BCUT2D eigenvalue weighted by Crippen LogP contribution is 2.20. The van der Waals surface area contributed by atoms with Gasteiger partial charge in [-0.2, -0.15) is 8.78 Å². The van der Waals surface area contributed by atoms with Crippen LogP contribution in [0, 0.1) is 0 Å². The first-order valence-electron chi connectivity index (χ1n) is 9.16. The molecule has 2 aromatic carbocycles. The molecular weight excluding hydrogens is 402 g/mol. The molecule has 3 rings (SSSR count). The summed E-state index contributed by atoms with van der Waals surface area (Å²) in [6.45, 7) is 3.39. The van der Waals surface area contributed by atoms with Gasteiger partial charge in [0, 0.05) is 25.2 Å². The number of ether oxygens (including phenoxy) is 1. The predicted octanol–water partition coefficient (Wildman–Crippen LogP) is 2.49. The lowest BCUT2D eigenvalue weighted by Gasteiger charge is -2.31. The highest BCUT2D eigenvalue weighted by Gasteiger charge is 2.27. The van der Waals surface area contributed by atoms with Gasteiger partial charge in [0.1, 0.15) is 0 Å². The predicted molar refractivity (Wildman–Crippen MR) is 104 cm³/mol. The van der Waals surface area contributed by atoms with E-state index in [1.165, 1.54) is 12.1 Å². The summed E-state index contributed by atoms with van der Waals surface area (Å²) in [5, 5.41) is 2.96. The Kier molecular flexibility index (Phi) is 6.94. The monoisotopic (exact) mass is 424 g/mol. The lowest BCUT2D eigenvalue weighted by molar-refractivity contribution is 0.0332. The van der Waals surface area contributed by atoms with E-state index < -0.39 is 26.4 Å². The number of benzene rings is 2. The minimum atomic E-state index is -4.69. The molecule has 0 spiro atoms. The van der Waals surface area contributed by atoms with Gasteiger partial charge in [0.15, 0.2) is 0 Å². The Labute approximate surface area is 168 Å². The second-order valence-electron chi connectivity index (χ2n) is 6.68. The molecule has 156 valence electrons. The minimum absolute atomic E-state index is 0.195. The maximum Gasteiger partial charge on any atom is 0.341 e. The Balaban J connectivity index is 1.75. The number of sulfone groups is 1. The van der Waals surface area contributed by atoms with Crippen molar-refractivity contribution < 1.29 is 26.7 Å². The Morgan fingerprint density at radius 2 is 1.66 bits per heavy atom. The van der Waals surface area contributed by atoms with Crippen molar-refractivity contribution in [1.29, 1.82) is 0 Å². The summed E-state index contributed by atoms with van der Waals surface area (Å²) < 4.78 is 53.7. The molecule has 0 aliphatic carbocycles. The number of hydrogen-bond donors (Lipinski definition) is 1. The summed E-state index contributed by atoms with van der Waals surface area (Å²) in [5.41, 5.74) is 1.13. The second kappa shape index (κ2) is 9.43. The first-order valence-corrected chi connectivity index (χ1v) is 10.7. The van der Waals surface area contributed by atoms with Crippen LogP contribution in [0.4, 0.5) is 8.78 Å². The van der Waals surface area contributed by atoms with Gasteiger partial charge in [-0.25, -0.2) is 8.42 Å². The van der Waals surface area contributed by atoms with Gasteiger partial charge >= 0.3 is 5.76 Å². The first kappa shape index (κ1) is 21.4. The maximum absolute atomic E-state index is 12.7. The van der Waals surface area contributed by atoms with Crippen molar-refractivity contribution in [2.45, 2.75) is 16.7 Å². The number of amides is 1. The van der Waals surface area contributed by atoms with E-state index in [0.29, 0.717) is 19.8 Å². The Morgan fingerprint density at radius 1 is 1.03 bits per heavy atom. The number of nitrogens with zero attached hydrogens (tertiary/aromatic N) is 1. The second-order valence-corrected chi connectivity index (χ2v) is 8.60. The fourth-order valence-corrected chi connectivity index (χ4v) is 3.82. The first-order chi connectivity index (χ1) is 13.9. The quantitative estimate of drug-likeness (QED) is 0.739. The fraction of sp³-hybridized carbons (Fsp3) is 0.350. The topological polar surface area (TPSA) is 75.7 Å². The van der Waals surface area contributed by atoms with Crippen LogP contribution in [0.15, 0.2) is 59.5 Å². The Bertz CT molecular complexity index is 915. The molecule has 1 N–H and O–H groups in total. The molecule has 0 saturated carbocycles. The number of nitrogens with one attached hydrogen (secondary N) is 1. The molecule has 1 atom stereocenters. The molecule has 1 aliphatic rings. The zero-order valence-electron chi connectivity index (χ0n) is 15.6. The van der Waals surface area contributed by atoms with Crippen LogP contribution in [0.5, 0.6) is 0 Å². The fourth-order valence-electron chi connectivity index (χ4n) is 3.10. The van der Waals surface area contributed by atoms with E-state index in [4.69, 9.17) is 4.74 Å². The van der Waals surface area contributed by atoms with Crippen molar-refractivity contribution >= 4 is 15.7 Å². The van der Waals surface area contributed by atoms with Crippen LogP contribution in [0.25, 0.3) is 0 Å². The van der Waals surface area contributed by atoms with Crippen molar-refractivity contribution in [2.75, 3.05) is 32.8 Å². The van der Waals surface area contributed by atoms with Crippen LogP contribution in [-0.4, -0.2) is 57.8 Å². The standard InChI is InChI=1S/C20H22F2N2O4S/c21-20(22)29(26,27)17-8-6-16(7-9-17)19(25)23-18(15-4-2-1-3-5-15)14-24-10-12-28-13-11-24/h1-9,18,20H,10-14H2,(H,23,25). The number of carbonyl (C=O) groups excluding carboxylic acids is 1. The SMILES string of the molecule is O=C(NC(CN1CCOCC1)c1ccccc1)c1ccc(S(=O)(=O)C(F)F)cc1. The molecule has 1 fully saturated rings. The molecule has 1 heterocycles. The third kappa shape index (κ3) is 5.37. The van der Waals surface area contributed by atoms with Gasteiger partial charge in [0.05, 0.1) is 24.2 Å². The zero-order chi connectivity index (χ0) is 20.9. The van der Waals surface area contributed by atoms with Crippen molar-refractivity contribution in [3.63, 3.8) is 0 Å². The number of rotatable bonds is 7. The molecule has 9 heteroatoms. The van der Waals surface area contributed by atoms with E-state index in [2.05, 4.69) is 10.2 Å². The normalized spacial score (nSPS) is 16.5. The van der Waals surface area contributed by atoms with Crippen LogP contribution >= 0.6 is 0 Å². The Morgan fingerprint density at radius 3 is 2.24 bits per heavy atom. The van der Waals surface area contributed by atoms with Crippen LogP contribution in [-0.2, 0) is 14.6 Å². The molecule has 0 radical (unpaired) electrons. The number of morpholine rings is 1. The molecular formula is C20H22F2N2O4S. The van der Waals surface area contributed by atoms with Crippen molar-refractivity contribution in [1.82, 2.24) is 10.2 Å². The molecule has 0 aromatic heterocycles. The van der Waals surface area contributed by atoms with Crippen molar-refractivity contribution in [3.05, 3.63) is 65.7 Å². The highest BCUT2D eigenvalue weighted by atomic mass is 32.2. The highest BCUT2D eigenvalue weighted by molar-refractivity contribution is 7.91. The molecule has 0 bridgehead atoms. The summed E-state index contributed by atoms with van der Waals surface area (Å²) in [7, 11) is -4.69. The van der Waals surface area contributed by atoms with Gasteiger partial charge in [-0.05, 0) is 29.8 Å². The van der Waals surface area contributed by atoms with Gasteiger partial charge < -0.3 is 10.1 Å². The molecule has 1 saturated heterocycles. The van der Waals surface area contributed by atoms with Gasteiger partial charge in [0.25, 0.3) is 5.91 Å². The van der Waals surface area contributed by atoms with E-state index in [9.17, 15) is 22.0 Å². The van der Waals surface area contributed by atoms with Crippen molar-refractivity contribution in [2.24, 2.45) is 0 Å². The van der Waals surface area contributed by atoms with Gasteiger partial charge in [-0.1, -0.05) is 30.3 Å². The zero-order valence-corrected chi connectivity index (χ0v) is 16.4. The lowest BCUT2D eigenvalue weighted by atomic mass is 10.1. The minimum Gasteiger partial charge on any atom is -0.379 e. The lowest BCUT2D eigenvalue weighted by Crippen LogP contribution is -2.43. The summed E-state index contributed by atoms with van der Waals surface area (Å²) in [6.07, 6.45) is 0. The van der Waals surface area contributed by atoms with E-state index in [1.807, 2.05) is 30.3 Å². The molecule has 1 aliphatic heterocycles. The largest absolute Gasteiger partial charge is 0.379 e. The van der Waals surface area contributed by atoms with Crippen LogP contribution in [0.2, 0.25) is 0 Å². The van der Waals surface area contributed by atoms with Crippen LogP contribution < -0.4 is 5.32 Å². The summed E-state index contributed by atoms with van der Waals surface area (Å²) >= 11 is 0. The van der Waals surface area contributed by atoms with Gasteiger partial charge in [-0.15, -0.1) is 0 Å². The smallest absolute Gasteiger partial charge is 0.341 e. The number of alkyl halides is 2. The number of carbonyl (C=O) groups is 1. The summed E-state index contributed by atoms with van der Waals surface area (Å²) in [4.78, 5) is 14.4. The van der Waals surface area contributed by atoms with E-state index in [1.54, 1.807) is 0 Å². The molecule has 2 aromatic rings. The summed E-state index contributed by atoms with van der Waals surface area (Å²) in [5.74, 6) is -3.91. The molecule has 6 nitrogen and oxygen atoms in total. The van der Waals surface area contributed by atoms with E-state index in [-0.39, 0.29) is 11.6 Å². The molecule has 1 amide bonds.